The van der Waals surface area contributed by atoms with Crippen LogP contribution in [0.5, 0.6) is 5.75 Å². The van der Waals surface area contributed by atoms with Crippen LogP contribution in [-0.4, -0.2) is 26.5 Å². The number of hydrogen-bond acceptors (Lipinski definition) is 4. The van der Waals surface area contributed by atoms with Crippen LogP contribution >= 0.6 is 0 Å². The molecule has 0 unspecified atom stereocenters. The van der Waals surface area contributed by atoms with Crippen LogP contribution in [0, 0.1) is 6.92 Å². The molecule has 0 heterocycles. The van der Waals surface area contributed by atoms with Gasteiger partial charge < -0.3 is 10.1 Å². The van der Waals surface area contributed by atoms with Gasteiger partial charge in [0, 0.05) is 11.7 Å². The van der Waals surface area contributed by atoms with Crippen LogP contribution in [0.3, 0.4) is 0 Å². The molecular weight excluding hydrogens is 352 g/mol. The van der Waals surface area contributed by atoms with Crippen molar-refractivity contribution in [2.24, 2.45) is 0 Å². The fourth-order valence-corrected chi connectivity index (χ4v) is 3.47. The van der Waals surface area contributed by atoms with Gasteiger partial charge in [0.2, 0.25) is 10.0 Å². The lowest BCUT2D eigenvalue weighted by Crippen LogP contribution is -2.31. The van der Waals surface area contributed by atoms with Gasteiger partial charge in [-0.05, 0) is 64.1 Å². The maximum atomic E-state index is 12.2. The second-order valence-corrected chi connectivity index (χ2v) is 8.08. The van der Waals surface area contributed by atoms with Crippen molar-refractivity contribution in [3.63, 3.8) is 0 Å². The molecule has 1 amide bonds. The number of anilines is 1. The average molecular weight is 376 g/mol. The van der Waals surface area contributed by atoms with E-state index in [0.29, 0.717) is 11.4 Å². The molecule has 2 aromatic carbocycles. The minimum Gasteiger partial charge on any atom is -0.481 e. The van der Waals surface area contributed by atoms with E-state index in [2.05, 4.69) is 10.0 Å². The number of rotatable bonds is 7. The molecule has 0 aliphatic carbocycles. The van der Waals surface area contributed by atoms with Crippen molar-refractivity contribution < 1.29 is 17.9 Å². The molecule has 1 atom stereocenters. The van der Waals surface area contributed by atoms with E-state index in [1.54, 1.807) is 45.0 Å². The Morgan fingerprint density at radius 3 is 2.08 bits per heavy atom. The zero-order chi connectivity index (χ0) is 19.3. The van der Waals surface area contributed by atoms with Crippen LogP contribution < -0.4 is 14.8 Å². The van der Waals surface area contributed by atoms with Crippen LogP contribution in [0.25, 0.3) is 0 Å². The van der Waals surface area contributed by atoms with Crippen molar-refractivity contribution in [1.82, 2.24) is 4.72 Å². The molecule has 0 saturated carbocycles. The number of amides is 1. The molecule has 0 bridgehead atoms. The minimum absolute atomic E-state index is 0.146. The molecule has 0 fully saturated rings. The first-order valence-electron chi connectivity index (χ1n) is 8.34. The maximum absolute atomic E-state index is 12.2. The lowest BCUT2D eigenvalue weighted by molar-refractivity contribution is -0.122. The zero-order valence-corrected chi connectivity index (χ0v) is 16.1. The highest BCUT2D eigenvalue weighted by molar-refractivity contribution is 7.89. The molecule has 0 aliphatic heterocycles. The highest BCUT2D eigenvalue weighted by atomic mass is 32.2. The number of ether oxygens (including phenoxy) is 1. The molecule has 2 rings (SSSR count). The lowest BCUT2D eigenvalue weighted by atomic mass is 10.2. The van der Waals surface area contributed by atoms with E-state index in [1.165, 1.54) is 12.1 Å². The molecule has 0 spiro atoms. The first kappa shape index (κ1) is 19.9. The summed E-state index contributed by atoms with van der Waals surface area (Å²) in [6, 6.07) is 13.2. The maximum Gasteiger partial charge on any atom is 0.265 e. The lowest BCUT2D eigenvalue weighted by Gasteiger charge is -2.15. The van der Waals surface area contributed by atoms with Crippen molar-refractivity contribution >= 4 is 21.6 Å². The number of carbonyl (C=O) groups excluding carboxylic acids is 1. The van der Waals surface area contributed by atoms with Gasteiger partial charge in [-0.3, -0.25) is 4.79 Å². The van der Waals surface area contributed by atoms with Crippen LogP contribution in [0.15, 0.2) is 53.4 Å². The summed E-state index contributed by atoms with van der Waals surface area (Å²) in [6.07, 6.45) is -0.691. The van der Waals surface area contributed by atoms with Crippen LogP contribution in [0.1, 0.15) is 26.3 Å². The molecule has 140 valence electrons. The molecule has 0 saturated heterocycles. The summed E-state index contributed by atoms with van der Waals surface area (Å²) >= 11 is 0. The summed E-state index contributed by atoms with van der Waals surface area (Å²) in [4.78, 5) is 12.4. The van der Waals surface area contributed by atoms with E-state index >= 15 is 0 Å². The Bertz CT molecular complexity index is 844. The summed E-state index contributed by atoms with van der Waals surface area (Å²) in [6.45, 7) is 7.13. The second kappa shape index (κ2) is 8.33. The fraction of sp³-hybridized carbons (Fsp3) is 0.316. The first-order valence-corrected chi connectivity index (χ1v) is 9.82. The molecule has 2 aromatic rings. The van der Waals surface area contributed by atoms with Crippen LogP contribution in [0.2, 0.25) is 0 Å². The molecule has 2 N–H and O–H groups in total. The van der Waals surface area contributed by atoms with Gasteiger partial charge in [0.1, 0.15) is 5.75 Å². The van der Waals surface area contributed by atoms with E-state index in [0.717, 1.165) is 5.56 Å². The Labute approximate surface area is 154 Å². The number of benzene rings is 2. The van der Waals surface area contributed by atoms with Crippen LogP contribution in [-0.2, 0) is 14.8 Å². The van der Waals surface area contributed by atoms with E-state index < -0.39 is 16.1 Å². The Balaban J connectivity index is 1.99. The molecular formula is C19H24N2O4S. The Morgan fingerprint density at radius 2 is 1.54 bits per heavy atom. The van der Waals surface area contributed by atoms with Gasteiger partial charge in [-0.1, -0.05) is 17.7 Å². The van der Waals surface area contributed by atoms with E-state index in [-0.39, 0.29) is 16.8 Å². The summed E-state index contributed by atoms with van der Waals surface area (Å²) in [5.74, 6) is 0.293. The monoisotopic (exact) mass is 376 g/mol. The standard InChI is InChI=1S/C19H24N2O4S/c1-13(2)21-26(23,24)18-11-7-16(8-12-18)20-19(22)15(4)25-17-9-5-14(3)6-10-17/h5-13,15,21H,1-4H3,(H,20,22)/t15-/m1/s1. The van der Waals surface area contributed by atoms with Crippen molar-refractivity contribution in [2.45, 2.75) is 44.7 Å². The predicted molar refractivity (Wildman–Crippen MR) is 102 cm³/mol. The summed E-state index contributed by atoms with van der Waals surface area (Å²) < 4.78 is 32.3. The largest absolute Gasteiger partial charge is 0.481 e. The van der Waals surface area contributed by atoms with Crippen molar-refractivity contribution in [3.8, 4) is 5.75 Å². The smallest absolute Gasteiger partial charge is 0.265 e. The van der Waals surface area contributed by atoms with Gasteiger partial charge in [-0.25, -0.2) is 13.1 Å². The number of hydrogen-bond donors (Lipinski definition) is 2. The first-order chi connectivity index (χ1) is 12.2. The predicted octanol–water partition coefficient (Wildman–Crippen LogP) is 3.09. The Kier molecular flexibility index (Phi) is 6.39. The molecule has 0 radical (unpaired) electrons. The third-order valence-corrected chi connectivity index (χ3v) is 5.20. The van der Waals surface area contributed by atoms with E-state index in [1.807, 2.05) is 19.1 Å². The molecule has 0 aromatic heterocycles. The average Bonchev–Trinajstić information content (AvgIpc) is 2.56. The van der Waals surface area contributed by atoms with Gasteiger partial charge in [0.15, 0.2) is 6.10 Å². The molecule has 26 heavy (non-hydrogen) atoms. The fourth-order valence-electron chi connectivity index (χ4n) is 2.21. The Hall–Kier alpha value is -2.38. The molecule has 0 aliphatic rings. The third-order valence-electron chi connectivity index (χ3n) is 3.53. The number of sulfonamides is 1. The van der Waals surface area contributed by atoms with E-state index in [9.17, 15) is 13.2 Å². The minimum atomic E-state index is -3.55. The summed E-state index contributed by atoms with van der Waals surface area (Å²) in [5, 5.41) is 2.71. The normalized spacial score (nSPS) is 12.7. The van der Waals surface area contributed by atoms with Gasteiger partial charge in [-0.15, -0.1) is 0 Å². The summed E-state index contributed by atoms with van der Waals surface area (Å²) in [7, 11) is -3.55. The van der Waals surface area contributed by atoms with Gasteiger partial charge in [0.25, 0.3) is 5.91 Å². The highest BCUT2D eigenvalue weighted by Crippen LogP contribution is 2.16. The van der Waals surface area contributed by atoms with Crippen molar-refractivity contribution in [1.29, 1.82) is 0 Å². The molecule has 7 heteroatoms. The van der Waals surface area contributed by atoms with Crippen molar-refractivity contribution in [3.05, 3.63) is 54.1 Å². The summed E-state index contributed by atoms with van der Waals surface area (Å²) in [5.41, 5.74) is 1.61. The number of carbonyl (C=O) groups is 1. The third kappa shape index (κ3) is 5.57. The number of aryl methyl sites for hydroxylation is 1. The van der Waals surface area contributed by atoms with Crippen molar-refractivity contribution in [2.75, 3.05) is 5.32 Å². The zero-order valence-electron chi connectivity index (χ0n) is 15.3. The topological polar surface area (TPSA) is 84.5 Å². The second-order valence-electron chi connectivity index (χ2n) is 6.36. The van der Waals surface area contributed by atoms with Gasteiger partial charge in [0.05, 0.1) is 4.90 Å². The highest BCUT2D eigenvalue weighted by Gasteiger charge is 2.17. The Morgan fingerprint density at radius 1 is 0.962 bits per heavy atom. The van der Waals surface area contributed by atoms with Gasteiger partial charge >= 0.3 is 0 Å². The SMILES string of the molecule is Cc1ccc(O[C@H](C)C(=O)Nc2ccc(S(=O)(=O)NC(C)C)cc2)cc1. The number of nitrogens with one attached hydrogen (secondary N) is 2. The van der Waals surface area contributed by atoms with Gasteiger partial charge in [-0.2, -0.15) is 0 Å². The van der Waals surface area contributed by atoms with Crippen LogP contribution in [0.4, 0.5) is 5.69 Å². The quantitative estimate of drug-likeness (QED) is 0.778. The molecule has 6 nitrogen and oxygen atoms in total. The van der Waals surface area contributed by atoms with E-state index in [4.69, 9.17) is 4.74 Å².